The maximum absolute atomic E-state index is 12.9. The highest BCUT2D eigenvalue weighted by atomic mass is 32.2. The summed E-state index contributed by atoms with van der Waals surface area (Å²) in [6.45, 7) is 1.80. The zero-order chi connectivity index (χ0) is 19.1. The van der Waals surface area contributed by atoms with Crippen molar-refractivity contribution in [1.82, 2.24) is 4.90 Å². The number of piperidine rings is 1. The first kappa shape index (κ1) is 19.7. The highest BCUT2D eigenvalue weighted by molar-refractivity contribution is 7.99. The van der Waals surface area contributed by atoms with Crippen LogP contribution in [0.4, 0.5) is 0 Å². The maximum Gasteiger partial charge on any atom is 0.164 e. The molecule has 4 heteroatoms. The number of nitrogens with zero attached hydrogens (tertiary/aromatic N) is 2. The Hall–Kier alpha value is -2.09. The number of ketones is 1. The van der Waals surface area contributed by atoms with Gasteiger partial charge in [-0.05, 0) is 37.8 Å². The summed E-state index contributed by atoms with van der Waals surface area (Å²) < 4.78 is 0. The third-order valence-electron chi connectivity index (χ3n) is 5.46. The fourth-order valence-electron chi connectivity index (χ4n) is 4.03. The molecule has 0 amide bonds. The van der Waals surface area contributed by atoms with Gasteiger partial charge in [0.15, 0.2) is 5.78 Å². The van der Waals surface area contributed by atoms with E-state index in [1.165, 1.54) is 6.42 Å². The van der Waals surface area contributed by atoms with Gasteiger partial charge in [0, 0.05) is 17.2 Å². The van der Waals surface area contributed by atoms with Crippen molar-refractivity contribution in [3.8, 4) is 6.07 Å². The van der Waals surface area contributed by atoms with Crippen LogP contribution in [0.15, 0.2) is 60.7 Å². The molecule has 1 aliphatic heterocycles. The van der Waals surface area contributed by atoms with Crippen LogP contribution in [0.5, 0.6) is 0 Å². The van der Waals surface area contributed by atoms with E-state index in [1.807, 2.05) is 66.9 Å². The van der Waals surface area contributed by atoms with E-state index in [-0.39, 0.29) is 11.0 Å². The Bertz CT molecular complexity index is 781. The van der Waals surface area contributed by atoms with Crippen molar-refractivity contribution in [3.05, 3.63) is 71.8 Å². The second kappa shape index (κ2) is 9.21. The van der Waals surface area contributed by atoms with Gasteiger partial charge >= 0.3 is 0 Å². The Balaban J connectivity index is 1.99. The average molecular weight is 379 g/mol. The molecule has 2 unspecified atom stereocenters. The normalized spacial score (nSPS) is 18.2. The van der Waals surface area contributed by atoms with Gasteiger partial charge in [0.2, 0.25) is 0 Å². The molecule has 140 valence electrons. The molecule has 27 heavy (non-hydrogen) atoms. The number of benzene rings is 2. The van der Waals surface area contributed by atoms with E-state index in [9.17, 15) is 10.1 Å². The Labute approximate surface area is 166 Å². The summed E-state index contributed by atoms with van der Waals surface area (Å²) in [5.41, 5.74) is 0.927. The van der Waals surface area contributed by atoms with Crippen LogP contribution >= 0.6 is 11.8 Å². The van der Waals surface area contributed by atoms with E-state index in [2.05, 4.69) is 11.0 Å². The second-order valence-corrected chi connectivity index (χ2v) is 8.05. The number of carbonyl (C=O) groups excluding carboxylic acids is 1. The summed E-state index contributed by atoms with van der Waals surface area (Å²) in [7, 11) is 0. The Morgan fingerprint density at radius 2 is 1.67 bits per heavy atom. The van der Waals surface area contributed by atoms with E-state index >= 15 is 0 Å². The van der Waals surface area contributed by atoms with E-state index in [0.29, 0.717) is 6.42 Å². The van der Waals surface area contributed by atoms with Gasteiger partial charge < -0.3 is 0 Å². The van der Waals surface area contributed by atoms with Crippen molar-refractivity contribution in [3.63, 3.8) is 0 Å². The molecular formula is C23H26N2OS. The van der Waals surface area contributed by atoms with Crippen molar-refractivity contribution < 1.29 is 4.79 Å². The average Bonchev–Trinajstić information content (AvgIpc) is 2.76. The molecule has 0 aromatic heterocycles. The van der Waals surface area contributed by atoms with Crippen molar-refractivity contribution in [2.24, 2.45) is 0 Å². The molecule has 1 heterocycles. The summed E-state index contributed by atoms with van der Waals surface area (Å²) in [5.74, 6) is 0.0996. The monoisotopic (exact) mass is 378 g/mol. The number of hydrogen-bond donors (Lipinski definition) is 0. The lowest BCUT2D eigenvalue weighted by Gasteiger charge is -2.45. The molecule has 0 bridgehead atoms. The topological polar surface area (TPSA) is 44.1 Å². The zero-order valence-corrected chi connectivity index (χ0v) is 16.6. The van der Waals surface area contributed by atoms with Crippen molar-refractivity contribution in [2.45, 2.75) is 36.5 Å². The molecule has 0 aliphatic carbocycles. The highest BCUT2D eigenvalue weighted by Gasteiger charge is 2.46. The lowest BCUT2D eigenvalue weighted by molar-refractivity contribution is 0.0870. The first-order valence-electron chi connectivity index (χ1n) is 9.55. The van der Waals surface area contributed by atoms with Crippen LogP contribution in [0.2, 0.25) is 0 Å². The maximum atomic E-state index is 12.9. The quantitative estimate of drug-likeness (QED) is 0.643. The van der Waals surface area contributed by atoms with Gasteiger partial charge in [0.1, 0.15) is 5.54 Å². The predicted octanol–water partition coefficient (Wildman–Crippen LogP) is 4.90. The fourth-order valence-corrected chi connectivity index (χ4v) is 5.03. The molecule has 0 spiro atoms. The zero-order valence-electron chi connectivity index (χ0n) is 15.8. The van der Waals surface area contributed by atoms with Gasteiger partial charge in [-0.25, -0.2) is 0 Å². The van der Waals surface area contributed by atoms with E-state index in [1.54, 1.807) is 11.8 Å². The molecule has 2 atom stereocenters. The molecule has 3 rings (SSSR count). The van der Waals surface area contributed by atoms with Crippen molar-refractivity contribution >= 4 is 17.5 Å². The first-order valence-corrected chi connectivity index (χ1v) is 10.8. The van der Waals surface area contributed by atoms with E-state index in [4.69, 9.17) is 0 Å². The summed E-state index contributed by atoms with van der Waals surface area (Å²) in [4.78, 5) is 15.3. The van der Waals surface area contributed by atoms with Crippen LogP contribution in [0.1, 0.15) is 41.6 Å². The molecule has 2 aromatic rings. The van der Waals surface area contributed by atoms with Crippen molar-refractivity contribution in [1.29, 1.82) is 5.26 Å². The summed E-state index contributed by atoms with van der Waals surface area (Å²) >= 11 is 1.63. The predicted molar refractivity (Wildman–Crippen MR) is 112 cm³/mol. The largest absolute Gasteiger partial charge is 0.294 e. The summed E-state index contributed by atoms with van der Waals surface area (Å²) in [6.07, 6.45) is 5.78. The lowest BCUT2D eigenvalue weighted by atomic mass is 9.82. The molecule has 3 nitrogen and oxygen atoms in total. The van der Waals surface area contributed by atoms with Crippen LogP contribution < -0.4 is 0 Å². The Kier molecular flexibility index (Phi) is 6.71. The number of nitriles is 1. The minimum absolute atomic E-state index is 0.0996. The number of rotatable bonds is 7. The van der Waals surface area contributed by atoms with Gasteiger partial charge in [-0.3, -0.25) is 9.69 Å². The Morgan fingerprint density at radius 1 is 1.07 bits per heavy atom. The summed E-state index contributed by atoms with van der Waals surface area (Å²) in [6, 6.07) is 22.1. The highest BCUT2D eigenvalue weighted by Crippen LogP contribution is 2.41. The van der Waals surface area contributed by atoms with Gasteiger partial charge in [0.25, 0.3) is 0 Å². The molecule has 0 radical (unpaired) electrons. The SMILES string of the molecule is CSC(CC(=O)c1ccccc1)C(C#N)(c1ccccc1)N1CCCCC1. The smallest absolute Gasteiger partial charge is 0.164 e. The minimum atomic E-state index is -0.786. The second-order valence-electron chi connectivity index (χ2n) is 7.01. The van der Waals surface area contributed by atoms with E-state index in [0.717, 1.165) is 37.1 Å². The van der Waals surface area contributed by atoms with Crippen molar-refractivity contribution in [2.75, 3.05) is 19.3 Å². The first-order chi connectivity index (χ1) is 13.2. The molecular weight excluding hydrogens is 352 g/mol. The van der Waals surface area contributed by atoms with Gasteiger partial charge in [-0.2, -0.15) is 17.0 Å². The lowest BCUT2D eigenvalue weighted by Crippen LogP contribution is -2.54. The number of thioether (sulfide) groups is 1. The van der Waals surface area contributed by atoms with Crippen LogP contribution in [-0.4, -0.2) is 35.3 Å². The van der Waals surface area contributed by atoms with E-state index < -0.39 is 5.54 Å². The number of carbonyl (C=O) groups is 1. The molecule has 1 saturated heterocycles. The van der Waals surface area contributed by atoms with Gasteiger partial charge in [-0.15, -0.1) is 0 Å². The minimum Gasteiger partial charge on any atom is -0.294 e. The van der Waals surface area contributed by atoms with Crippen LogP contribution in [0.3, 0.4) is 0 Å². The number of hydrogen-bond acceptors (Lipinski definition) is 4. The standard InChI is InChI=1S/C23H26N2OS/c1-27-22(17-21(26)19-11-5-2-6-12-19)23(18-24,20-13-7-3-8-14-20)25-15-9-4-10-16-25/h2-3,5-8,11-14,22H,4,9-10,15-17H2,1H3. The van der Waals surface area contributed by atoms with Crippen LogP contribution in [0.25, 0.3) is 0 Å². The molecule has 0 N–H and O–H groups in total. The van der Waals surface area contributed by atoms with Gasteiger partial charge in [0.05, 0.1) is 6.07 Å². The van der Waals surface area contributed by atoms with Crippen LogP contribution in [0, 0.1) is 11.3 Å². The molecule has 0 saturated carbocycles. The molecule has 2 aromatic carbocycles. The number of Topliss-reactive ketones (excluding diaryl/α,β-unsaturated/α-hetero) is 1. The molecule has 1 fully saturated rings. The molecule has 1 aliphatic rings. The number of likely N-dealkylation sites (tertiary alicyclic amines) is 1. The third-order valence-corrected chi connectivity index (χ3v) is 6.53. The summed E-state index contributed by atoms with van der Waals surface area (Å²) in [5, 5.41) is 10.3. The van der Waals surface area contributed by atoms with Crippen LogP contribution in [-0.2, 0) is 5.54 Å². The fraction of sp³-hybridized carbons (Fsp3) is 0.391. The third kappa shape index (κ3) is 4.10. The Morgan fingerprint density at radius 3 is 2.22 bits per heavy atom. The van der Waals surface area contributed by atoms with Gasteiger partial charge in [-0.1, -0.05) is 67.1 Å².